The number of esters is 2. The SMILES string of the molecule is CO[C@H]1O[C@@]2(C(C)(C)C)C[C@H](O)[C@H](C(=O)OCc3ccccc3)[C@@]12CC(=O)OCc1ccccc1. The maximum absolute atomic E-state index is 13.5. The molecule has 1 saturated carbocycles. The van der Waals surface area contributed by atoms with Gasteiger partial charge in [0.15, 0.2) is 6.29 Å². The predicted octanol–water partition coefficient (Wildman–Crippen LogP) is 4.02. The van der Waals surface area contributed by atoms with Crippen molar-refractivity contribution in [3.63, 3.8) is 0 Å². The van der Waals surface area contributed by atoms with E-state index in [0.717, 1.165) is 11.1 Å². The van der Waals surface area contributed by atoms with Gasteiger partial charge in [0, 0.05) is 13.5 Å². The highest BCUT2D eigenvalue weighted by Crippen LogP contribution is 2.71. The van der Waals surface area contributed by atoms with Crippen LogP contribution in [0, 0.1) is 16.7 Å². The Kier molecular flexibility index (Phi) is 7.04. The molecule has 2 aliphatic rings. The van der Waals surface area contributed by atoms with Crippen molar-refractivity contribution in [3.05, 3.63) is 71.8 Å². The minimum Gasteiger partial charge on any atom is -0.461 e. The fraction of sp³-hybridized carbons (Fsp3) is 0.500. The zero-order valence-electron chi connectivity index (χ0n) is 20.7. The zero-order valence-corrected chi connectivity index (χ0v) is 20.7. The number of hydrogen-bond donors (Lipinski definition) is 1. The van der Waals surface area contributed by atoms with Crippen LogP contribution in [0.25, 0.3) is 0 Å². The summed E-state index contributed by atoms with van der Waals surface area (Å²) >= 11 is 0. The summed E-state index contributed by atoms with van der Waals surface area (Å²) in [5.74, 6) is -2.06. The van der Waals surface area contributed by atoms with E-state index in [1.54, 1.807) is 0 Å². The number of aliphatic hydroxyl groups excluding tert-OH is 1. The first kappa shape index (κ1) is 25.4. The Bertz CT molecular complexity index is 1030. The lowest BCUT2D eigenvalue weighted by molar-refractivity contribution is -0.420. The van der Waals surface area contributed by atoms with E-state index in [1.165, 1.54) is 7.11 Å². The first-order valence-electron chi connectivity index (χ1n) is 11.9. The Balaban J connectivity index is 1.62. The van der Waals surface area contributed by atoms with Crippen molar-refractivity contribution in [3.8, 4) is 0 Å². The molecular formula is C28H34O7. The summed E-state index contributed by atoms with van der Waals surface area (Å²) < 4.78 is 23.1. The van der Waals surface area contributed by atoms with Crippen molar-refractivity contribution < 1.29 is 33.6 Å². The minimum atomic E-state index is -1.14. The summed E-state index contributed by atoms with van der Waals surface area (Å²) in [4.78, 5) is 26.6. The Labute approximate surface area is 206 Å². The van der Waals surface area contributed by atoms with E-state index in [2.05, 4.69) is 0 Å². The molecule has 0 amide bonds. The van der Waals surface area contributed by atoms with Crippen molar-refractivity contribution in [1.29, 1.82) is 0 Å². The van der Waals surface area contributed by atoms with Crippen LogP contribution in [-0.2, 0) is 41.8 Å². The summed E-state index contributed by atoms with van der Waals surface area (Å²) in [7, 11) is 1.48. The second kappa shape index (κ2) is 9.72. The van der Waals surface area contributed by atoms with Crippen LogP contribution >= 0.6 is 0 Å². The van der Waals surface area contributed by atoms with Gasteiger partial charge >= 0.3 is 11.9 Å². The molecule has 5 atom stereocenters. The lowest BCUT2D eigenvalue weighted by Crippen LogP contribution is -2.74. The van der Waals surface area contributed by atoms with Gasteiger partial charge in [-0.25, -0.2) is 0 Å². The normalized spacial score (nSPS) is 29.7. The molecule has 1 saturated heterocycles. The zero-order chi connectivity index (χ0) is 25.3. The van der Waals surface area contributed by atoms with Crippen molar-refractivity contribution in [2.24, 2.45) is 16.7 Å². The summed E-state index contributed by atoms with van der Waals surface area (Å²) in [5.41, 5.74) is -0.917. The van der Waals surface area contributed by atoms with Gasteiger partial charge in [0.25, 0.3) is 0 Å². The van der Waals surface area contributed by atoms with Crippen molar-refractivity contribution >= 4 is 11.9 Å². The molecule has 0 spiro atoms. The fourth-order valence-corrected chi connectivity index (χ4v) is 5.91. The predicted molar refractivity (Wildman–Crippen MR) is 128 cm³/mol. The average Bonchev–Trinajstić information content (AvgIpc) is 3.02. The van der Waals surface area contributed by atoms with Crippen molar-refractivity contribution in [1.82, 2.24) is 0 Å². The molecule has 1 aliphatic heterocycles. The molecule has 35 heavy (non-hydrogen) atoms. The highest BCUT2D eigenvalue weighted by Gasteiger charge is 2.81. The smallest absolute Gasteiger partial charge is 0.312 e. The fourth-order valence-electron chi connectivity index (χ4n) is 5.91. The van der Waals surface area contributed by atoms with Gasteiger partial charge in [-0.15, -0.1) is 0 Å². The van der Waals surface area contributed by atoms with E-state index in [4.69, 9.17) is 18.9 Å². The van der Waals surface area contributed by atoms with Crippen molar-refractivity contribution in [2.45, 2.75) is 64.8 Å². The quantitative estimate of drug-likeness (QED) is 0.568. The number of aliphatic hydroxyl groups is 1. The highest BCUT2D eigenvalue weighted by atomic mass is 16.7. The highest BCUT2D eigenvalue weighted by molar-refractivity contribution is 5.79. The molecule has 2 aromatic carbocycles. The minimum absolute atomic E-state index is 0.0679. The third kappa shape index (κ3) is 4.37. The molecule has 4 rings (SSSR count). The van der Waals surface area contributed by atoms with Crippen LogP contribution in [0.3, 0.4) is 0 Å². The molecular weight excluding hydrogens is 448 g/mol. The van der Waals surface area contributed by atoms with Crippen LogP contribution in [-0.4, -0.2) is 42.1 Å². The second-order valence-electron chi connectivity index (χ2n) is 10.5. The third-order valence-electron chi connectivity index (χ3n) is 7.50. The molecule has 0 bridgehead atoms. The van der Waals surface area contributed by atoms with Gasteiger partial charge in [-0.1, -0.05) is 81.4 Å². The lowest BCUT2D eigenvalue weighted by atomic mass is 9.53. The number of methoxy groups -OCH3 is 1. The Hall–Kier alpha value is -2.74. The Morgan fingerprint density at radius 3 is 2.03 bits per heavy atom. The van der Waals surface area contributed by atoms with Crippen LogP contribution in [0.5, 0.6) is 0 Å². The van der Waals surface area contributed by atoms with E-state index in [9.17, 15) is 14.7 Å². The number of fused-ring (bicyclic) bond motifs is 1. The molecule has 7 nitrogen and oxygen atoms in total. The number of hydrogen-bond acceptors (Lipinski definition) is 7. The summed E-state index contributed by atoms with van der Waals surface area (Å²) in [6, 6.07) is 18.7. The van der Waals surface area contributed by atoms with E-state index in [0.29, 0.717) is 0 Å². The largest absolute Gasteiger partial charge is 0.461 e. The van der Waals surface area contributed by atoms with Gasteiger partial charge in [0.2, 0.25) is 0 Å². The van der Waals surface area contributed by atoms with Gasteiger partial charge in [-0.05, 0) is 16.5 Å². The van der Waals surface area contributed by atoms with Gasteiger partial charge < -0.3 is 24.1 Å². The molecule has 2 fully saturated rings. The standard InChI is InChI=1S/C28H34O7/c1-26(2,3)28-15-21(29)23(24(31)34-18-20-13-9-6-10-14-20)27(28,25(32-4)35-28)16-22(30)33-17-19-11-7-5-8-12-19/h5-14,21,23,25,29H,15-18H2,1-4H3/t21-,23+,25-,27-,28+/m0/s1. The van der Waals surface area contributed by atoms with Crippen molar-refractivity contribution in [2.75, 3.05) is 7.11 Å². The first-order valence-corrected chi connectivity index (χ1v) is 11.9. The monoisotopic (exact) mass is 482 g/mol. The van der Waals surface area contributed by atoms with Crippen LogP contribution in [0.15, 0.2) is 60.7 Å². The van der Waals surface area contributed by atoms with Gasteiger partial charge in [-0.2, -0.15) is 0 Å². The lowest BCUT2D eigenvalue weighted by Gasteiger charge is -2.65. The Morgan fingerprint density at radius 2 is 1.51 bits per heavy atom. The molecule has 0 unspecified atom stereocenters. The van der Waals surface area contributed by atoms with Gasteiger partial charge in [-0.3, -0.25) is 9.59 Å². The van der Waals surface area contributed by atoms with E-state index in [-0.39, 0.29) is 26.1 Å². The van der Waals surface area contributed by atoms with Gasteiger partial charge in [0.1, 0.15) is 13.2 Å². The number of carbonyl (C=O) groups excluding carboxylic acids is 2. The number of rotatable bonds is 8. The van der Waals surface area contributed by atoms with Crippen LogP contribution in [0.1, 0.15) is 44.7 Å². The third-order valence-corrected chi connectivity index (χ3v) is 7.50. The number of ether oxygens (including phenoxy) is 4. The molecule has 1 N–H and O–H groups in total. The number of carbonyl (C=O) groups is 2. The Morgan fingerprint density at radius 1 is 0.971 bits per heavy atom. The first-order chi connectivity index (χ1) is 16.6. The number of benzene rings is 2. The summed E-state index contributed by atoms with van der Waals surface area (Å²) in [6.07, 6.45) is -1.87. The average molecular weight is 483 g/mol. The molecule has 0 radical (unpaired) electrons. The summed E-state index contributed by atoms with van der Waals surface area (Å²) in [6.45, 7) is 6.12. The molecule has 0 aromatic heterocycles. The maximum atomic E-state index is 13.5. The molecule has 188 valence electrons. The molecule has 1 heterocycles. The van der Waals surface area contributed by atoms with Crippen LogP contribution in [0.2, 0.25) is 0 Å². The summed E-state index contributed by atoms with van der Waals surface area (Å²) in [5, 5.41) is 11.2. The van der Waals surface area contributed by atoms with E-state index < -0.39 is 46.7 Å². The van der Waals surface area contributed by atoms with E-state index >= 15 is 0 Å². The maximum Gasteiger partial charge on any atom is 0.312 e. The topological polar surface area (TPSA) is 91.3 Å². The second-order valence-corrected chi connectivity index (χ2v) is 10.5. The molecule has 2 aromatic rings. The van der Waals surface area contributed by atoms with E-state index in [1.807, 2.05) is 81.4 Å². The molecule has 1 aliphatic carbocycles. The van der Waals surface area contributed by atoms with Crippen LogP contribution < -0.4 is 0 Å². The van der Waals surface area contributed by atoms with Crippen LogP contribution in [0.4, 0.5) is 0 Å². The van der Waals surface area contributed by atoms with Gasteiger partial charge in [0.05, 0.1) is 29.5 Å². The molecule has 7 heteroatoms.